The number of nitrogens with two attached hydrogens (primary N) is 1. The Labute approximate surface area is 80.4 Å². The van der Waals surface area contributed by atoms with Crippen LogP contribution in [0.4, 0.5) is 0 Å². The first kappa shape index (κ1) is 10.4. The summed E-state index contributed by atoms with van der Waals surface area (Å²) in [4.78, 5) is 25.6. The molecule has 0 radical (unpaired) electrons. The molecule has 0 aromatic carbocycles. The standard InChI is InChI=1S/C8H11N3O3/c1-5-3-10-4-11(5)7(12)2-6(9)8(13)14/h3-4,6H,2,9H2,1H3,(H,13,14)/t6-/m0/s1. The van der Waals surface area contributed by atoms with Crippen molar-refractivity contribution < 1.29 is 14.7 Å². The van der Waals surface area contributed by atoms with E-state index in [1.54, 1.807) is 6.92 Å². The molecule has 0 unspecified atom stereocenters. The van der Waals surface area contributed by atoms with Crippen LogP contribution in [-0.2, 0) is 4.79 Å². The zero-order valence-electron chi connectivity index (χ0n) is 7.67. The molecule has 0 bridgehead atoms. The number of aryl methyl sites for hydroxylation is 1. The van der Waals surface area contributed by atoms with Gasteiger partial charge in [0.1, 0.15) is 12.4 Å². The average molecular weight is 197 g/mol. The Balaban J connectivity index is 2.69. The third-order valence-corrected chi connectivity index (χ3v) is 1.80. The van der Waals surface area contributed by atoms with Crippen LogP contribution in [0.2, 0.25) is 0 Å². The van der Waals surface area contributed by atoms with E-state index in [1.165, 1.54) is 17.1 Å². The lowest BCUT2D eigenvalue weighted by Gasteiger charge is -2.06. The first-order valence-corrected chi connectivity index (χ1v) is 4.03. The molecule has 0 saturated heterocycles. The van der Waals surface area contributed by atoms with Crippen LogP contribution in [0.5, 0.6) is 0 Å². The maximum Gasteiger partial charge on any atom is 0.321 e. The van der Waals surface area contributed by atoms with E-state index in [0.29, 0.717) is 5.69 Å². The second kappa shape index (κ2) is 4.01. The Morgan fingerprint density at radius 1 is 1.71 bits per heavy atom. The first-order chi connectivity index (χ1) is 6.52. The lowest BCUT2D eigenvalue weighted by molar-refractivity contribution is -0.138. The second-order valence-electron chi connectivity index (χ2n) is 2.95. The number of rotatable bonds is 3. The van der Waals surface area contributed by atoms with Crippen LogP contribution in [0, 0.1) is 6.92 Å². The van der Waals surface area contributed by atoms with Crippen molar-refractivity contribution >= 4 is 11.9 Å². The van der Waals surface area contributed by atoms with Gasteiger partial charge >= 0.3 is 5.97 Å². The Morgan fingerprint density at radius 3 is 2.79 bits per heavy atom. The summed E-state index contributed by atoms with van der Waals surface area (Å²) in [6.07, 6.45) is 2.63. The van der Waals surface area contributed by atoms with Gasteiger partial charge < -0.3 is 10.8 Å². The van der Waals surface area contributed by atoms with E-state index in [1.807, 2.05) is 0 Å². The summed E-state index contributed by atoms with van der Waals surface area (Å²) in [7, 11) is 0. The molecular weight excluding hydrogens is 186 g/mol. The highest BCUT2D eigenvalue weighted by Crippen LogP contribution is 2.00. The van der Waals surface area contributed by atoms with Crippen molar-refractivity contribution in [2.24, 2.45) is 5.73 Å². The number of hydrogen-bond acceptors (Lipinski definition) is 4. The third-order valence-electron chi connectivity index (χ3n) is 1.80. The van der Waals surface area contributed by atoms with Crippen molar-refractivity contribution in [2.75, 3.05) is 0 Å². The van der Waals surface area contributed by atoms with Gasteiger partial charge in [0.05, 0.1) is 6.42 Å². The van der Waals surface area contributed by atoms with Gasteiger partial charge in [0.15, 0.2) is 0 Å². The Kier molecular flexibility index (Phi) is 2.98. The van der Waals surface area contributed by atoms with Crippen molar-refractivity contribution in [2.45, 2.75) is 19.4 Å². The SMILES string of the molecule is Cc1cncn1C(=O)C[C@H](N)C(=O)O. The molecule has 0 aliphatic heterocycles. The molecule has 0 aliphatic rings. The number of carboxylic acid groups (broad SMARTS) is 1. The zero-order valence-corrected chi connectivity index (χ0v) is 7.67. The number of carbonyl (C=O) groups excluding carboxylic acids is 1. The van der Waals surface area contributed by atoms with Crippen molar-refractivity contribution in [1.82, 2.24) is 9.55 Å². The molecular formula is C8H11N3O3. The highest BCUT2D eigenvalue weighted by molar-refractivity contribution is 5.86. The zero-order chi connectivity index (χ0) is 10.7. The molecule has 1 aromatic rings. The fourth-order valence-corrected chi connectivity index (χ4v) is 0.996. The van der Waals surface area contributed by atoms with Crippen LogP contribution in [0.15, 0.2) is 12.5 Å². The van der Waals surface area contributed by atoms with Gasteiger partial charge in [-0.1, -0.05) is 0 Å². The van der Waals surface area contributed by atoms with Gasteiger partial charge in [0.25, 0.3) is 0 Å². The summed E-state index contributed by atoms with van der Waals surface area (Å²) < 4.78 is 1.28. The average Bonchev–Trinajstić information content (AvgIpc) is 2.51. The number of aliphatic carboxylic acids is 1. The molecule has 6 heteroatoms. The van der Waals surface area contributed by atoms with Crippen LogP contribution in [0.25, 0.3) is 0 Å². The van der Waals surface area contributed by atoms with Crippen LogP contribution in [0.3, 0.4) is 0 Å². The minimum absolute atomic E-state index is 0.230. The molecule has 0 aliphatic carbocycles. The maximum absolute atomic E-state index is 11.4. The molecule has 0 amide bonds. The predicted molar refractivity (Wildman–Crippen MR) is 47.8 cm³/mol. The molecule has 1 atom stereocenters. The van der Waals surface area contributed by atoms with Crippen molar-refractivity contribution in [3.05, 3.63) is 18.2 Å². The largest absolute Gasteiger partial charge is 0.480 e. The van der Waals surface area contributed by atoms with Gasteiger partial charge in [0, 0.05) is 11.9 Å². The van der Waals surface area contributed by atoms with Gasteiger partial charge in [-0.25, -0.2) is 4.98 Å². The van der Waals surface area contributed by atoms with Crippen LogP contribution in [-0.4, -0.2) is 32.6 Å². The Bertz CT molecular complexity index is 358. The number of aromatic nitrogens is 2. The van der Waals surface area contributed by atoms with Crippen LogP contribution in [0.1, 0.15) is 16.9 Å². The van der Waals surface area contributed by atoms with E-state index in [2.05, 4.69) is 4.98 Å². The molecule has 1 rings (SSSR count). The first-order valence-electron chi connectivity index (χ1n) is 4.03. The topological polar surface area (TPSA) is 98.2 Å². The van der Waals surface area contributed by atoms with Gasteiger partial charge in [-0.3, -0.25) is 14.2 Å². The molecule has 3 N–H and O–H groups in total. The van der Waals surface area contributed by atoms with E-state index >= 15 is 0 Å². The molecule has 0 spiro atoms. The predicted octanol–water partition coefficient (Wildman–Crippen LogP) is -0.366. The summed E-state index contributed by atoms with van der Waals surface area (Å²) in [5.41, 5.74) is 5.88. The van der Waals surface area contributed by atoms with E-state index in [4.69, 9.17) is 10.8 Å². The number of hydrogen-bond donors (Lipinski definition) is 2. The molecule has 0 saturated carbocycles. The molecule has 0 fully saturated rings. The lowest BCUT2D eigenvalue weighted by Crippen LogP contribution is -2.34. The highest BCUT2D eigenvalue weighted by Gasteiger charge is 2.17. The van der Waals surface area contributed by atoms with E-state index in [9.17, 15) is 9.59 Å². The molecule has 1 aromatic heterocycles. The van der Waals surface area contributed by atoms with Crippen LogP contribution >= 0.6 is 0 Å². The molecule has 6 nitrogen and oxygen atoms in total. The Hall–Kier alpha value is -1.69. The number of nitrogens with zero attached hydrogens (tertiary/aromatic N) is 2. The van der Waals surface area contributed by atoms with Crippen LogP contribution < -0.4 is 5.73 Å². The summed E-state index contributed by atoms with van der Waals surface area (Å²) in [6.45, 7) is 1.71. The summed E-state index contributed by atoms with van der Waals surface area (Å²) in [5.74, 6) is -1.55. The lowest BCUT2D eigenvalue weighted by atomic mass is 10.2. The smallest absolute Gasteiger partial charge is 0.321 e. The summed E-state index contributed by atoms with van der Waals surface area (Å²) >= 11 is 0. The molecule has 76 valence electrons. The second-order valence-corrected chi connectivity index (χ2v) is 2.95. The van der Waals surface area contributed by atoms with Gasteiger partial charge in [-0.2, -0.15) is 0 Å². The van der Waals surface area contributed by atoms with Crippen molar-refractivity contribution in [1.29, 1.82) is 0 Å². The Morgan fingerprint density at radius 2 is 2.36 bits per heavy atom. The van der Waals surface area contributed by atoms with Crippen molar-refractivity contribution in [3.63, 3.8) is 0 Å². The van der Waals surface area contributed by atoms with Crippen molar-refractivity contribution in [3.8, 4) is 0 Å². The number of imidazole rings is 1. The number of carboxylic acids is 1. The molecule has 1 heterocycles. The summed E-state index contributed by atoms with van der Waals surface area (Å²) in [6, 6.07) is -1.16. The minimum Gasteiger partial charge on any atom is -0.480 e. The fraction of sp³-hybridized carbons (Fsp3) is 0.375. The van der Waals surface area contributed by atoms with Gasteiger partial charge in [-0.05, 0) is 6.92 Å². The van der Waals surface area contributed by atoms with E-state index in [-0.39, 0.29) is 12.3 Å². The van der Waals surface area contributed by atoms with E-state index < -0.39 is 12.0 Å². The maximum atomic E-state index is 11.4. The number of carbonyl (C=O) groups is 2. The van der Waals surface area contributed by atoms with E-state index in [0.717, 1.165) is 0 Å². The highest BCUT2D eigenvalue weighted by atomic mass is 16.4. The normalized spacial score (nSPS) is 12.4. The van der Waals surface area contributed by atoms with Gasteiger partial charge in [0.2, 0.25) is 5.91 Å². The minimum atomic E-state index is -1.18. The quantitative estimate of drug-likeness (QED) is 0.689. The fourth-order valence-electron chi connectivity index (χ4n) is 0.996. The summed E-state index contributed by atoms with van der Waals surface area (Å²) in [5, 5.41) is 8.50. The third kappa shape index (κ3) is 2.17. The van der Waals surface area contributed by atoms with Gasteiger partial charge in [-0.15, -0.1) is 0 Å². The monoisotopic (exact) mass is 197 g/mol. The molecule has 14 heavy (non-hydrogen) atoms.